The molecule has 3 rings (SSSR count). The van der Waals surface area contributed by atoms with Gasteiger partial charge in [-0.2, -0.15) is 5.10 Å². The van der Waals surface area contributed by atoms with Gasteiger partial charge in [-0.1, -0.05) is 12.1 Å². The first-order valence-electron chi connectivity index (χ1n) is 8.92. The maximum atomic E-state index is 12.1. The quantitative estimate of drug-likeness (QED) is 0.551. The number of ether oxygens (including phenoxy) is 2. The zero-order chi connectivity index (χ0) is 19.9. The molecule has 0 spiro atoms. The first-order valence-corrected chi connectivity index (χ1v) is 8.92. The molecule has 0 fully saturated rings. The third-order valence-corrected chi connectivity index (χ3v) is 4.25. The minimum absolute atomic E-state index is 0.0407. The predicted molar refractivity (Wildman–Crippen MR) is 106 cm³/mol. The number of nitrogens with two attached hydrogens (primary N) is 1. The van der Waals surface area contributed by atoms with Crippen molar-refractivity contribution in [2.75, 3.05) is 26.9 Å². The van der Waals surface area contributed by atoms with Gasteiger partial charge >= 0.3 is 0 Å². The molecule has 0 saturated carbocycles. The Morgan fingerprint density at radius 3 is 2.39 bits per heavy atom. The van der Waals surface area contributed by atoms with Crippen LogP contribution in [-0.4, -0.2) is 47.5 Å². The number of methoxy groups -OCH3 is 1. The molecular formula is C21H23N3O4. The number of carbonyl (C=O) groups excluding carboxylic acids is 1. The van der Waals surface area contributed by atoms with Crippen LogP contribution in [0.2, 0.25) is 0 Å². The summed E-state index contributed by atoms with van der Waals surface area (Å²) in [5.41, 5.74) is 8.57. The Kier molecular flexibility index (Phi) is 6.41. The number of aromatic nitrogens is 2. The topological polar surface area (TPSA) is 99.6 Å². The molecule has 0 radical (unpaired) electrons. The van der Waals surface area contributed by atoms with Gasteiger partial charge in [-0.05, 0) is 48.0 Å². The SMILES string of the molecule is COc1ccc(Cn2nc(C(=O)CN)cc2-c2ccc(OCCO)cc2)cc1. The molecule has 0 bridgehead atoms. The van der Waals surface area contributed by atoms with Gasteiger partial charge in [-0.3, -0.25) is 9.48 Å². The fraction of sp³-hybridized carbons (Fsp3) is 0.238. The van der Waals surface area contributed by atoms with E-state index >= 15 is 0 Å². The molecular weight excluding hydrogens is 358 g/mol. The minimum Gasteiger partial charge on any atom is -0.497 e. The minimum atomic E-state index is -0.211. The molecule has 0 saturated heterocycles. The highest BCUT2D eigenvalue weighted by atomic mass is 16.5. The number of benzene rings is 2. The van der Waals surface area contributed by atoms with Crippen molar-refractivity contribution in [3.05, 3.63) is 65.9 Å². The molecule has 28 heavy (non-hydrogen) atoms. The summed E-state index contributed by atoms with van der Waals surface area (Å²) in [7, 11) is 1.62. The van der Waals surface area contributed by atoms with Crippen molar-refractivity contribution in [3.63, 3.8) is 0 Å². The molecule has 7 heteroatoms. The van der Waals surface area contributed by atoms with E-state index in [1.165, 1.54) is 0 Å². The van der Waals surface area contributed by atoms with E-state index in [0.717, 1.165) is 22.6 Å². The zero-order valence-corrected chi connectivity index (χ0v) is 15.7. The molecule has 0 amide bonds. The van der Waals surface area contributed by atoms with Crippen LogP contribution >= 0.6 is 0 Å². The lowest BCUT2D eigenvalue weighted by Crippen LogP contribution is -2.14. The van der Waals surface area contributed by atoms with Gasteiger partial charge in [0, 0.05) is 5.56 Å². The number of rotatable bonds is 9. The molecule has 7 nitrogen and oxygen atoms in total. The van der Waals surface area contributed by atoms with Gasteiger partial charge < -0.3 is 20.3 Å². The second kappa shape index (κ2) is 9.16. The summed E-state index contributed by atoms with van der Waals surface area (Å²) in [6, 6.07) is 16.9. The van der Waals surface area contributed by atoms with Gasteiger partial charge in [0.05, 0.1) is 32.5 Å². The lowest BCUT2D eigenvalue weighted by atomic mass is 10.1. The smallest absolute Gasteiger partial charge is 0.196 e. The van der Waals surface area contributed by atoms with E-state index in [9.17, 15) is 4.79 Å². The fourth-order valence-corrected chi connectivity index (χ4v) is 2.80. The summed E-state index contributed by atoms with van der Waals surface area (Å²) in [6.45, 7) is 0.609. The van der Waals surface area contributed by atoms with Gasteiger partial charge in [0.15, 0.2) is 5.78 Å². The third kappa shape index (κ3) is 4.57. The first-order chi connectivity index (χ1) is 13.6. The van der Waals surface area contributed by atoms with E-state index in [2.05, 4.69) is 5.10 Å². The molecule has 0 unspecified atom stereocenters. The van der Waals surface area contributed by atoms with Crippen molar-refractivity contribution in [3.8, 4) is 22.8 Å². The van der Waals surface area contributed by atoms with Crippen LogP contribution in [0.5, 0.6) is 11.5 Å². The van der Waals surface area contributed by atoms with Crippen molar-refractivity contribution in [2.45, 2.75) is 6.54 Å². The van der Waals surface area contributed by atoms with Crippen LogP contribution in [-0.2, 0) is 6.54 Å². The summed E-state index contributed by atoms with van der Waals surface area (Å²) in [5.74, 6) is 1.23. The summed E-state index contributed by atoms with van der Waals surface area (Å²) in [5, 5.41) is 13.3. The van der Waals surface area contributed by atoms with Crippen LogP contribution in [0.3, 0.4) is 0 Å². The second-order valence-corrected chi connectivity index (χ2v) is 6.14. The van der Waals surface area contributed by atoms with E-state index in [-0.39, 0.29) is 25.5 Å². The van der Waals surface area contributed by atoms with Crippen LogP contribution in [0, 0.1) is 0 Å². The predicted octanol–water partition coefficient (Wildman–Crippen LogP) is 2.12. The van der Waals surface area contributed by atoms with Gasteiger partial charge in [-0.15, -0.1) is 0 Å². The number of Topliss-reactive ketones (excluding diaryl/α,β-unsaturated/α-hetero) is 1. The molecule has 1 aromatic heterocycles. The Balaban J connectivity index is 1.91. The Morgan fingerprint density at radius 2 is 1.79 bits per heavy atom. The monoisotopic (exact) mass is 381 g/mol. The number of nitrogens with zero attached hydrogens (tertiary/aromatic N) is 2. The first kappa shape index (κ1) is 19.6. The van der Waals surface area contributed by atoms with Crippen LogP contribution in [0.1, 0.15) is 16.1 Å². The molecule has 1 heterocycles. The Labute approximate surface area is 163 Å². The van der Waals surface area contributed by atoms with E-state index in [1.54, 1.807) is 17.9 Å². The second-order valence-electron chi connectivity index (χ2n) is 6.14. The van der Waals surface area contributed by atoms with E-state index in [4.69, 9.17) is 20.3 Å². The molecule has 0 atom stereocenters. The van der Waals surface area contributed by atoms with Crippen molar-refractivity contribution in [1.82, 2.24) is 9.78 Å². The molecule has 3 aromatic rings. The highest BCUT2D eigenvalue weighted by Gasteiger charge is 2.15. The van der Waals surface area contributed by atoms with Gasteiger partial charge in [0.25, 0.3) is 0 Å². The normalized spacial score (nSPS) is 10.7. The molecule has 0 aliphatic carbocycles. The van der Waals surface area contributed by atoms with Crippen LogP contribution in [0.4, 0.5) is 0 Å². The van der Waals surface area contributed by atoms with Crippen LogP contribution < -0.4 is 15.2 Å². The molecule has 146 valence electrons. The largest absolute Gasteiger partial charge is 0.497 e. The highest BCUT2D eigenvalue weighted by molar-refractivity contribution is 5.96. The third-order valence-electron chi connectivity index (χ3n) is 4.25. The van der Waals surface area contributed by atoms with E-state index in [1.807, 2.05) is 48.5 Å². The van der Waals surface area contributed by atoms with Crippen LogP contribution in [0.15, 0.2) is 54.6 Å². The standard InChI is InChI=1S/C21H23N3O4/c1-27-17-6-2-15(3-7-17)14-24-20(12-19(23-24)21(26)13-22)16-4-8-18(9-5-16)28-11-10-25/h2-9,12,25H,10-11,13-14,22H2,1H3. The van der Waals surface area contributed by atoms with Crippen molar-refractivity contribution in [2.24, 2.45) is 5.73 Å². The maximum Gasteiger partial charge on any atom is 0.196 e. The van der Waals surface area contributed by atoms with E-state index < -0.39 is 0 Å². The van der Waals surface area contributed by atoms with Gasteiger partial charge in [0.1, 0.15) is 23.8 Å². The zero-order valence-electron chi connectivity index (χ0n) is 15.7. The summed E-state index contributed by atoms with van der Waals surface area (Å²) >= 11 is 0. The van der Waals surface area contributed by atoms with Crippen molar-refractivity contribution >= 4 is 5.78 Å². The van der Waals surface area contributed by atoms with Gasteiger partial charge in [0.2, 0.25) is 0 Å². The summed E-state index contributed by atoms with van der Waals surface area (Å²) in [6.07, 6.45) is 0. The molecule has 3 N–H and O–H groups in total. The van der Waals surface area contributed by atoms with E-state index in [0.29, 0.717) is 18.0 Å². The highest BCUT2D eigenvalue weighted by Crippen LogP contribution is 2.25. The molecule has 0 aliphatic rings. The maximum absolute atomic E-state index is 12.1. The lowest BCUT2D eigenvalue weighted by Gasteiger charge is -2.10. The number of hydrogen-bond acceptors (Lipinski definition) is 6. The Morgan fingerprint density at radius 1 is 1.11 bits per heavy atom. The number of aliphatic hydroxyl groups excluding tert-OH is 1. The number of ketones is 1. The molecule has 0 aliphatic heterocycles. The van der Waals surface area contributed by atoms with Crippen molar-refractivity contribution < 1.29 is 19.4 Å². The Bertz CT molecular complexity index is 918. The Hall–Kier alpha value is -3.16. The lowest BCUT2D eigenvalue weighted by molar-refractivity contribution is 0.0996. The van der Waals surface area contributed by atoms with Crippen molar-refractivity contribution in [1.29, 1.82) is 0 Å². The summed E-state index contributed by atoms with van der Waals surface area (Å²) < 4.78 is 12.4. The number of hydrogen-bond donors (Lipinski definition) is 2. The van der Waals surface area contributed by atoms with Gasteiger partial charge in [-0.25, -0.2) is 0 Å². The average molecular weight is 381 g/mol. The summed E-state index contributed by atoms with van der Waals surface area (Å²) in [4.78, 5) is 12.1. The number of aliphatic hydroxyl groups is 1. The average Bonchev–Trinajstić information content (AvgIpc) is 3.16. The fourth-order valence-electron chi connectivity index (χ4n) is 2.80. The van der Waals surface area contributed by atoms with Crippen LogP contribution in [0.25, 0.3) is 11.3 Å². The molecule has 2 aromatic carbocycles. The number of carbonyl (C=O) groups is 1.